The number of nitrogens with zero attached hydrogens (tertiary/aromatic N) is 1. The van der Waals surface area contributed by atoms with E-state index >= 15 is 0 Å². The number of aryl methyl sites for hydroxylation is 1. The van der Waals surface area contributed by atoms with Gasteiger partial charge in [0.15, 0.2) is 9.84 Å². The van der Waals surface area contributed by atoms with Crippen molar-refractivity contribution in [2.45, 2.75) is 12.7 Å². The van der Waals surface area contributed by atoms with E-state index in [1.807, 2.05) is 25.1 Å². The Morgan fingerprint density at radius 3 is 2.71 bits per heavy atom. The summed E-state index contributed by atoms with van der Waals surface area (Å²) in [6.45, 7) is 1.90. The molecule has 0 N–H and O–H groups in total. The van der Waals surface area contributed by atoms with Gasteiger partial charge in [-0.2, -0.15) is 5.26 Å². The molecule has 0 radical (unpaired) electrons. The molecular formula is C10H11NO2S. The molecule has 1 aromatic carbocycles. The van der Waals surface area contributed by atoms with Gasteiger partial charge in [-0.25, -0.2) is 8.42 Å². The molecule has 74 valence electrons. The third kappa shape index (κ3) is 3.19. The van der Waals surface area contributed by atoms with Gasteiger partial charge >= 0.3 is 0 Å². The van der Waals surface area contributed by atoms with Crippen LogP contribution in [0.3, 0.4) is 0 Å². The summed E-state index contributed by atoms with van der Waals surface area (Å²) < 4.78 is 22.6. The van der Waals surface area contributed by atoms with Crippen molar-refractivity contribution in [2.24, 2.45) is 0 Å². The van der Waals surface area contributed by atoms with Crippen molar-refractivity contribution < 1.29 is 8.42 Å². The molecule has 14 heavy (non-hydrogen) atoms. The van der Waals surface area contributed by atoms with E-state index in [9.17, 15) is 8.42 Å². The topological polar surface area (TPSA) is 57.9 Å². The molecule has 0 unspecified atom stereocenters. The van der Waals surface area contributed by atoms with Crippen LogP contribution in [0.25, 0.3) is 0 Å². The largest absolute Gasteiger partial charge is 0.227 e. The second-order valence-corrected chi connectivity index (χ2v) is 5.24. The third-order valence-electron chi connectivity index (χ3n) is 1.75. The minimum atomic E-state index is -3.26. The molecule has 0 fully saturated rings. The summed E-state index contributed by atoms with van der Waals surface area (Å²) >= 11 is 0. The highest BCUT2D eigenvalue weighted by Gasteiger charge is 2.10. The summed E-state index contributed by atoms with van der Waals surface area (Å²) in [5.74, 6) is -0.469. The Balaban J connectivity index is 2.85. The fraction of sp³-hybridized carbons (Fsp3) is 0.300. The molecule has 0 bridgehead atoms. The smallest absolute Gasteiger partial charge is 0.167 e. The molecular weight excluding hydrogens is 198 g/mol. The zero-order valence-electron chi connectivity index (χ0n) is 7.90. The van der Waals surface area contributed by atoms with Crippen LogP contribution >= 0.6 is 0 Å². The van der Waals surface area contributed by atoms with E-state index in [4.69, 9.17) is 5.26 Å². The standard InChI is InChI=1S/C10H11NO2S/c1-9-3-2-4-10(7-9)8-14(12,13)6-5-11/h2-4,7H,6,8H2,1H3. The minimum Gasteiger partial charge on any atom is -0.227 e. The van der Waals surface area contributed by atoms with Crippen molar-refractivity contribution in [1.29, 1.82) is 5.26 Å². The number of sulfone groups is 1. The molecule has 0 aromatic heterocycles. The predicted molar refractivity (Wildman–Crippen MR) is 54.3 cm³/mol. The zero-order valence-corrected chi connectivity index (χ0v) is 8.71. The van der Waals surface area contributed by atoms with E-state index in [1.165, 1.54) is 0 Å². The van der Waals surface area contributed by atoms with Gasteiger partial charge in [0.05, 0.1) is 11.8 Å². The van der Waals surface area contributed by atoms with Crippen molar-refractivity contribution >= 4 is 9.84 Å². The monoisotopic (exact) mass is 209 g/mol. The quantitative estimate of drug-likeness (QED) is 0.756. The lowest BCUT2D eigenvalue weighted by atomic mass is 10.2. The maximum absolute atomic E-state index is 11.3. The average Bonchev–Trinajstić information content (AvgIpc) is 2.02. The van der Waals surface area contributed by atoms with Gasteiger partial charge in [-0.05, 0) is 12.5 Å². The molecule has 0 saturated carbocycles. The van der Waals surface area contributed by atoms with Crippen LogP contribution in [0.4, 0.5) is 0 Å². The molecule has 0 aliphatic carbocycles. The predicted octanol–water partition coefficient (Wildman–Crippen LogP) is 1.43. The van der Waals surface area contributed by atoms with Crippen LogP contribution in [0.2, 0.25) is 0 Å². The van der Waals surface area contributed by atoms with Gasteiger partial charge in [-0.1, -0.05) is 29.8 Å². The summed E-state index contributed by atoms with van der Waals surface area (Å²) in [4.78, 5) is 0. The third-order valence-corrected chi connectivity index (χ3v) is 3.10. The SMILES string of the molecule is Cc1cccc(CS(=O)(=O)CC#N)c1. The number of hydrogen-bond donors (Lipinski definition) is 0. The molecule has 0 atom stereocenters. The van der Waals surface area contributed by atoms with Crippen molar-refractivity contribution in [3.05, 3.63) is 35.4 Å². The number of nitriles is 1. The number of rotatable bonds is 3. The lowest BCUT2D eigenvalue weighted by Crippen LogP contribution is -2.07. The Hall–Kier alpha value is -1.34. The molecule has 0 aliphatic heterocycles. The first kappa shape index (κ1) is 10.7. The number of hydrogen-bond acceptors (Lipinski definition) is 3. The molecule has 0 spiro atoms. The summed E-state index contributed by atoms with van der Waals surface area (Å²) in [7, 11) is -3.26. The van der Waals surface area contributed by atoms with Gasteiger partial charge in [0.2, 0.25) is 0 Å². The van der Waals surface area contributed by atoms with Crippen LogP contribution in [-0.2, 0) is 15.6 Å². The minimum absolute atomic E-state index is 0.0533. The van der Waals surface area contributed by atoms with E-state index in [0.29, 0.717) is 0 Å². The average molecular weight is 209 g/mol. The van der Waals surface area contributed by atoms with E-state index < -0.39 is 15.6 Å². The fourth-order valence-corrected chi connectivity index (χ4v) is 2.19. The van der Waals surface area contributed by atoms with Gasteiger partial charge in [0, 0.05) is 0 Å². The summed E-state index contributed by atoms with van der Waals surface area (Å²) in [6, 6.07) is 8.94. The van der Waals surface area contributed by atoms with Crippen LogP contribution < -0.4 is 0 Å². The van der Waals surface area contributed by atoms with E-state index in [0.717, 1.165) is 11.1 Å². The maximum Gasteiger partial charge on any atom is 0.167 e. The number of benzene rings is 1. The highest BCUT2D eigenvalue weighted by atomic mass is 32.2. The highest BCUT2D eigenvalue weighted by molar-refractivity contribution is 7.90. The van der Waals surface area contributed by atoms with Crippen molar-refractivity contribution in [3.8, 4) is 6.07 Å². The first-order chi connectivity index (χ1) is 6.53. The highest BCUT2D eigenvalue weighted by Crippen LogP contribution is 2.08. The first-order valence-electron chi connectivity index (χ1n) is 4.16. The Labute approximate surface area is 83.9 Å². The van der Waals surface area contributed by atoms with Crippen LogP contribution in [0.1, 0.15) is 11.1 Å². The molecule has 0 saturated heterocycles. The van der Waals surface area contributed by atoms with Crippen LogP contribution in [0, 0.1) is 18.3 Å². The van der Waals surface area contributed by atoms with Gasteiger partial charge in [0.25, 0.3) is 0 Å². The van der Waals surface area contributed by atoms with Crippen molar-refractivity contribution in [1.82, 2.24) is 0 Å². The van der Waals surface area contributed by atoms with Gasteiger partial charge in [0.1, 0.15) is 5.75 Å². The summed E-state index contributed by atoms with van der Waals surface area (Å²) in [5.41, 5.74) is 1.76. The van der Waals surface area contributed by atoms with Crippen molar-refractivity contribution in [3.63, 3.8) is 0 Å². The molecule has 0 aliphatic rings. The van der Waals surface area contributed by atoms with Gasteiger partial charge < -0.3 is 0 Å². The molecule has 3 nitrogen and oxygen atoms in total. The second-order valence-electron chi connectivity index (χ2n) is 3.18. The maximum atomic E-state index is 11.3. The summed E-state index contributed by atoms with van der Waals surface area (Å²) in [6.07, 6.45) is 0. The van der Waals surface area contributed by atoms with Crippen LogP contribution in [-0.4, -0.2) is 14.2 Å². The van der Waals surface area contributed by atoms with Crippen LogP contribution in [0.15, 0.2) is 24.3 Å². The Kier molecular flexibility index (Phi) is 3.26. The second kappa shape index (κ2) is 4.25. The van der Waals surface area contributed by atoms with E-state index in [1.54, 1.807) is 12.1 Å². The lowest BCUT2D eigenvalue weighted by Gasteiger charge is -2.01. The van der Waals surface area contributed by atoms with Crippen LogP contribution in [0.5, 0.6) is 0 Å². The first-order valence-corrected chi connectivity index (χ1v) is 5.98. The van der Waals surface area contributed by atoms with Gasteiger partial charge in [-0.15, -0.1) is 0 Å². The Bertz CT molecular complexity index is 457. The van der Waals surface area contributed by atoms with Gasteiger partial charge in [-0.3, -0.25) is 0 Å². The van der Waals surface area contributed by atoms with E-state index in [-0.39, 0.29) is 5.75 Å². The van der Waals surface area contributed by atoms with Crippen molar-refractivity contribution in [2.75, 3.05) is 5.75 Å². The Morgan fingerprint density at radius 2 is 2.14 bits per heavy atom. The van der Waals surface area contributed by atoms with E-state index in [2.05, 4.69) is 0 Å². The molecule has 0 heterocycles. The lowest BCUT2D eigenvalue weighted by molar-refractivity contribution is 0.598. The summed E-state index contributed by atoms with van der Waals surface area (Å²) in [5, 5.41) is 8.31. The Morgan fingerprint density at radius 1 is 1.43 bits per heavy atom. The normalized spacial score (nSPS) is 10.9. The molecule has 0 amide bonds. The molecule has 4 heteroatoms. The molecule has 1 rings (SSSR count). The fourth-order valence-electron chi connectivity index (χ4n) is 1.21. The molecule has 1 aromatic rings. The zero-order chi connectivity index (χ0) is 10.6.